The van der Waals surface area contributed by atoms with Crippen LogP contribution in [0.15, 0.2) is 155 Å². The molecule has 2 heterocycles. The van der Waals surface area contributed by atoms with Crippen LogP contribution < -0.4 is 0 Å². The standard InChI is InChI=1S/C41H24FNS/c42-26-18-20-27(21-19-26)43-38-28-10-2-1-9-25(28)17-22-31(38)32-23-24-36-40(39(32)43)44-37-16-8-7-15-35(37)41(36)33-13-5-3-11-29(33)30-12-4-6-14-34(30)41/h1-24H. The van der Waals surface area contributed by atoms with Crippen molar-refractivity contribution in [2.75, 3.05) is 0 Å². The van der Waals surface area contributed by atoms with Gasteiger partial charge in [0.05, 0.1) is 16.4 Å². The zero-order valence-electron chi connectivity index (χ0n) is 23.6. The van der Waals surface area contributed by atoms with Crippen molar-refractivity contribution in [1.82, 2.24) is 4.57 Å². The van der Waals surface area contributed by atoms with Gasteiger partial charge in [-0.1, -0.05) is 127 Å². The summed E-state index contributed by atoms with van der Waals surface area (Å²) in [5.41, 5.74) is 10.7. The number of rotatable bonds is 1. The molecule has 0 saturated carbocycles. The first-order chi connectivity index (χ1) is 21.7. The van der Waals surface area contributed by atoms with Gasteiger partial charge in [0.15, 0.2) is 0 Å². The first-order valence-electron chi connectivity index (χ1n) is 15.0. The van der Waals surface area contributed by atoms with Crippen molar-refractivity contribution in [3.05, 3.63) is 174 Å². The highest BCUT2D eigenvalue weighted by Gasteiger charge is 2.50. The van der Waals surface area contributed by atoms with E-state index in [4.69, 9.17) is 0 Å². The van der Waals surface area contributed by atoms with Gasteiger partial charge in [0.25, 0.3) is 0 Å². The van der Waals surface area contributed by atoms with E-state index in [1.807, 2.05) is 23.9 Å². The first-order valence-corrected chi connectivity index (χ1v) is 15.8. The molecule has 3 heteroatoms. The maximum absolute atomic E-state index is 14.3. The predicted octanol–water partition coefficient (Wildman–Crippen LogP) is 10.9. The minimum absolute atomic E-state index is 0.233. The van der Waals surface area contributed by atoms with Gasteiger partial charge in [-0.05, 0) is 69.1 Å². The Kier molecular flexibility index (Phi) is 4.82. The molecule has 0 saturated heterocycles. The fraction of sp³-hybridized carbons (Fsp3) is 0.0244. The second kappa shape index (κ2) is 8.72. The first kappa shape index (κ1) is 24.3. The minimum Gasteiger partial charge on any atom is -0.307 e. The maximum Gasteiger partial charge on any atom is 0.123 e. The number of hydrogen-bond donors (Lipinski definition) is 0. The topological polar surface area (TPSA) is 4.93 Å². The third-order valence-corrected chi connectivity index (χ3v) is 10.9. The zero-order valence-corrected chi connectivity index (χ0v) is 24.4. The third kappa shape index (κ3) is 2.95. The molecule has 0 atom stereocenters. The fourth-order valence-electron chi connectivity index (χ4n) is 8.02. The highest BCUT2D eigenvalue weighted by atomic mass is 32.2. The molecule has 0 amide bonds. The van der Waals surface area contributed by atoms with Gasteiger partial charge in [-0.3, -0.25) is 0 Å². The van der Waals surface area contributed by atoms with Crippen molar-refractivity contribution in [2.45, 2.75) is 15.2 Å². The van der Waals surface area contributed by atoms with Gasteiger partial charge in [0, 0.05) is 31.6 Å². The van der Waals surface area contributed by atoms with E-state index in [0.29, 0.717) is 0 Å². The summed E-state index contributed by atoms with van der Waals surface area (Å²) in [6.07, 6.45) is 0. The van der Waals surface area contributed by atoms with Gasteiger partial charge < -0.3 is 4.57 Å². The third-order valence-electron chi connectivity index (χ3n) is 9.71. The van der Waals surface area contributed by atoms with Gasteiger partial charge in [-0.25, -0.2) is 4.39 Å². The van der Waals surface area contributed by atoms with E-state index in [9.17, 15) is 4.39 Å². The Morgan fingerprint density at radius 1 is 0.477 bits per heavy atom. The van der Waals surface area contributed by atoms with Crippen LogP contribution in [0.25, 0.3) is 49.4 Å². The number of nitrogens with zero attached hydrogens (tertiary/aromatic N) is 1. The van der Waals surface area contributed by atoms with Crippen LogP contribution in [0.5, 0.6) is 0 Å². The number of halogens is 1. The lowest BCUT2D eigenvalue weighted by Gasteiger charge is -2.40. The van der Waals surface area contributed by atoms with Crippen molar-refractivity contribution in [3.63, 3.8) is 0 Å². The van der Waals surface area contributed by atoms with Gasteiger partial charge in [-0.15, -0.1) is 0 Å². The van der Waals surface area contributed by atoms with Crippen LogP contribution >= 0.6 is 11.8 Å². The Hall–Kier alpha value is -5.12. The molecule has 1 spiro atoms. The highest BCUT2D eigenvalue weighted by Crippen LogP contribution is 2.63. The molecule has 7 aromatic carbocycles. The summed E-state index contributed by atoms with van der Waals surface area (Å²) in [4.78, 5) is 2.51. The van der Waals surface area contributed by atoms with Crippen LogP contribution in [0.4, 0.5) is 4.39 Å². The summed E-state index contributed by atoms with van der Waals surface area (Å²) in [6.45, 7) is 0. The molecule has 206 valence electrons. The molecular weight excluding hydrogens is 558 g/mol. The van der Waals surface area contributed by atoms with Crippen molar-refractivity contribution in [1.29, 1.82) is 0 Å². The highest BCUT2D eigenvalue weighted by molar-refractivity contribution is 7.99. The molecule has 0 unspecified atom stereocenters. The molecule has 1 aromatic heterocycles. The van der Waals surface area contributed by atoms with Crippen LogP contribution in [0, 0.1) is 5.82 Å². The Morgan fingerprint density at radius 2 is 1.09 bits per heavy atom. The summed E-state index contributed by atoms with van der Waals surface area (Å²) in [5, 5.41) is 4.78. The lowest BCUT2D eigenvalue weighted by atomic mass is 9.67. The zero-order chi connectivity index (χ0) is 29.0. The Morgan fingerprint density at radius 3 is 1.86 bits per heavy atom. The molecule has 2 aliphatic rings. The quantitative estimate of drug-likeness (QED) is 0.187. The predicted molar refractivity (Wildman–Crippen MR) is 180 cm³/mol. The molecule has 1 aliphatic heterocycles. The average Bonchev–Trinajstić information content (AvgIpc) is 3.57. The fourth-order valence-corrected chi connectivity index (χ4v) is 9.35. The van der Waals surface area contributed by atoms with E-state index < -0.39 is 5.41 Å². The molecule has 8 aromatic rings. The van der Waals surface area contributed by atoms with E-state index >= 15 is 0 Å². The van der Waals surface area contributed by atoms with Crippen molar-refractivity contribution in [2.24, 2.45) is 0 Å². The van der Waals surface area contributed by atoms with Crippen molar-refractivity contribution >= 4 is 44.3 Å². The van der Waals surface area contributed by atoms with Crippen LogP contribution in [-0.2, 0) is 5.41 Å². The lowest BCUT2D eigenvalue weighted by molar-refractivity contribution is 0.627. The Labute approximate surface area is 258 Å². The van der Waals surface area contributed by atoms with Gasteiger partial charge in [0.2, 0.25) is 0 Å². The minimum atomic E-state index is -0.454. The molecule has 0 fully saturated rings. The molecule has 0 N–H and O–H groups in total. The van der Waals surface area contributed by atoms with Gasteiger partial charge >= 0.3 is 0 Å². The van der Waals surface area contributed by atoms with E-state index in [1.165, 1.54) is 70.2 Å². The van der Waals surface area contributed by atoms with Crippen LogP contribution in [0.3, 0.4) is 0 Å². The SMILES string of the molecule is Fc1ccc(-n2c3c4c(ccc3c3ccc5ccccc5c32)C2(c3ccccc3S4)c3ccccc3-c3ccccc32)cc1. The maximum atomic E-state index is 14.3. The summed E-state index contributed by atoms with van der Waals surface area (Å²) in [6, 6.07) is 51.5. The van der Waals surface area contributed by atoms with E-state index in [1.54, 1.807) is 12.1 Å². The second-order valence-electron chi connectivity index (χ2n) is 11.8. The summed E-state index contributed by atoms with van der Waals surface area (Å²) in [7, 11) is 0. The summed E-state index contributed by atoms with van der Waals surface area (Å²) < 4.78 is 16.7. The number of hydrogen-bond acceptors (Lipinski definition) is 1. The van der Waals surface area contributed by atoms with Crippen LogP contribution in [0.2, 0.25) is 0 Å². The van der Waals surface area contributed by atoms with E-state index in [2.05, 4.69) is 126 Å². The number of benzene rings is 7. The van der Waals surface area contributed by atoms with Crippen LogP contribution in [-0.4, -0.2) is 4.57 Å². The van der Waals surface area contributed by atoms with E-state index in [0.717, 1.165) is 11.2 Å². The van der Waals surface area contributed by atoms with Crippen molar-refractivity contribution < 1.29 is 4.39 Å². The van der Waals surface area contributed by atoms with Crippen molar-refractivity contribution in [3.8, 4) is 16.8 Å². The molecular formula is C41H24FNS. The smallest absolute Gasteiger partial charge is 0.123 e. The molecule has 10 rings (SSSR count). The van der Waals surface area contributed by atoms with E-state index in [-0.39, 0.29) is 5.82 Å². The monoisotopic (exact) mass is 581 g/mol. The lowest BCUT2D eigenvalue weighted by Crippen LogP contribution is -2.32. The Balaban J connectivity index is 1.44. The van der Waals surface area contributed by atoms with Gasteiger partial charge in [-0.2, -0.15) is 0 Å². The number of fused-ring (bicyclic) bond motifs is 15. The van der Waals surface area contributed by atoms with Gasteiger partial charge in [0.1, 0.15) is 5.82 Å². The summed E-state index contributed by atoms with van der Waals surface area (Å²) >= 11 is 1.86. The Bertz CT molecular complexity index is 2440. The number of aromatic nitrogens is 1. The molecule has 0 radical (unpaired) electrons. The molecule has 1 aliphatic carbocycles. The molecule has 44 heavy (non-hydrogen) atoms. The summed E-state index contributed by atoms with van der Waals surface area (Å²) in [5.74, 6) is -0.233. The molecule has 0 bridgehead atoms. The van der Waals surface area contributed by atoms with Crippen LogP contribution in [0.1, 0.15) is 22.3 Å². The average molecular weight is 582 g/mol. The molecule has 1 nitrogen and oxygen atoms in total. The largest absolute Gasteiger partial charge is 0.307 e. The second-order valence-corrected chi connectivity index (χ2v) is 12.8. The normalized spacial score (nSPS) is 14.1.